The molecule has 0 aliphatic carbocycles. The number of rotatable bonds is 12. The smallest absolute Gasteiger partial charge is 0.225 e. The number of aromatic nitrogens is 3. The molecular formula is C31H40N6O4. The molecule has 0 amide bonds. The maximum atomic E-state index is 11.6. The first kappa shape index (κ1) is 28.4. The highest BCUT2D eigenvalue weighted by Gasteiger charge is 2.24. The molecule has 218 valence electrons. The van der Waals surface area contributed by atoms with E-state index in [2.05, 4.69) is 44.3 Å². The SMILES string of the molecule is CCN1CCN(c2cccc3c(O)n([C@H](CCCNc4nccc(OC)n4)c4ccc(OC)c(OC)c4)cc23)CC1. The number of piperazine rings is 1. The van der Waals surface area contributed by atoms with Crippen LogP contribution in [-0.4, -0.2) is 85.1 Å². The molecule has 2 aromatic heterocycles. The summed E-state index contributed by atoms with van der Waals surface area (Å²) in [7, 11) is 4.86. The van der Waals surface area contributed by atoms with Crippen molar-refractivity contribution in [3.8, 4) is 23.3 Å². The van der Waals surface area contributed by atoms with Crippen LogP contribution in [0.25, 0.3) is 10.8 Å². The van der Waals surface area contributed by atoms with Crippen molar-refractivity contribution >= 4 is 22.4 Å². The van der Waals surface area contributed by atoms with Crippen LogP contribution < -0.4 is 24.4 Å². The lowest BCUT2D eigenvalue weighted by atomic mass is 10.0. The van der Waals surface area contributed by atoms with Crippen molar-refractivity contribution < 1.29 is 19.3 Å². The van der Waals surface area contributed by atoms with Crippen molar-refractivity contribution in [2.45, 2.75) is 25.8 Å². The molecule has 0 bridgehead atoms. The predicted octanol–water partition coefficient (Wildman–Crippen LogP) is 4.79. The minimum absolute atomic E-state index is 0.139. The van der Waals surface area contributed by atoms with Crippen molar-refractivity contribution in [1.82, 2.24) is 19.4 Å². The van der Waals surface area contributed by atoms with E-state index in [0.29, 0.717) is 29.9 Å². The molecule has 1 aliphatic heterocycles. The van der Waals surface area contributed by atoms with Gasteiger partial charge in [0.2, 0.25) is 11.8 Å². The summed E-state index contributed by atoms with van der Waals surface area (Å²) in [6.45, 7) is 7.95. The van der Waals surface area contributed by atoms with Crippen molar-refractivity contribution in [1.29, 1.82) is 0 Å². The number of nitrogens with zero attached hydrogens (tertiary/aromatic N) is 5. The van der Waals surface area contributed by atoms with Crippen LogP contribution in [0.5, 0.6) is 23.3 Å². The Morgan fingerprint density at radius 3 is 2.49 bits per heavy atom. The van der Waals surface area contributed by atoms with E-state index < -0.39 is 0 Å². The number of anilines is 2. The van der Waals surface area contributed by atoms with Crippen molar-refractivity contribution in [3.63, 3.8) is 0 Å². The lowest BCUT2D eigenvalue weighted by Gasteiger charge is -2.35. The summed E-state index contributed by atoms with van der Waals surface area (Å²) in [4.78, 5) is 13.5. The first-order valence-corrected chi connectivity index (χ1v) is 14.2. The van der Waals surface area contributed by atoms with Gasteiger partial charge in [0.25, 0.3) is 0 Å². The van der Waals surface area contributed by atoms with E-state index in [4.69, 9.17) is 14.2 Å². The van der Waals surface area contributed by atoms with Gasteiger partial charge in [-0.25, -0.2) is 4.98 Å². The number of fused-ring (bicyclic) bond motifs is 1. The van der Waals surface area contributed by atoms with Crippen LogP contribution >= 0.6 is 0 Å². The van der Waals surface area contributed by atoms with Gasteiger partial charge >= 0.3 is 0 Å². The Hall–Kier alpha value is -4.18. The van der Waals surface area contributed by atoms with Gasteiger partial charge in [-0.1, -0.05) is 19.1 Å². The zero-order valence-corrected chi connectivity index (χ0v) is 24.3. The molecule has 1 atom stereocenters. The zero-order chi connectivity index (χ0) is 28.8. The van der Waals surface area contributed by atoms with Crippen LogP contribution in [0.4, 0.5) is 11.6 Å². The molecule has 0 radical (unpaired) electrons. The highest BCUT2D eigenvalue weighted by atomic mass is 16.5. The van der Waals surface area contributed by atoms with Crippen molar-refractivity contribution in [2.75, 3.05) is 70.8 Å². The largest absolute Gasteiger partial charge is 0.494 e. The molecule has 3 heterocycles. The van der Waals surface area contributed by atoms with Gasteiger partial charge in [0.05, 0.1) is 27.4 Å². The summed E-state index contributed by atoms with van der Waals surface area (Å²) in [5.41, 5.74) is 2.18. The fourth-order valence-corrected chi connectivity index (χ4v) is 5.60. The Labute approximate surface area is 241 Å². The van der Waals surface area contributed by atoms with Crippen LogP contribution in [0.2, 0.25) is 0 Å². The average molecular weight is 561 g/mol. The Bertz CT molecular complexity index is 1450. The summed E-state index contributed by atoms with van der Waals surface area (Å²) in [6.07, 6.45) is 5.33. The van der Waals surface area contributed by atoms with E-state index in [9.17, 15) is 5.11 Å². The molecule has 2 aromatic carbocycles. The number of nitrogens with one attached hydrogen (secondary N) is 1. The summed E-state index contributed by atoms with van der Waals surface area (Å²) in [6, 6.07) is 13.7. The summed E-state index contributed by atoms with van der Waals surface area (Å²) >= 11 is 0. The van der Waals surface area contributed by atoms with Gasteiger partial charge in [0, 0.05) is 67.6 Å². The third-order valence-corrected chi connectivity index (χ3v) is 7.90. The number of hydrogen-bond donors (Lipinski definition) is 2. The molecule has 0 saturated carbocycles. The molecule has 1 saturated heterocycles. The molecule has 4 aromatic rings. The average Bonchev–Trinajstić information content (AvgIpc) is 3.36. The van der Waals surface area contributed by atoms with E-state index in [0.717, 1.165) is 67.6 Å². The Morgan fingerprint density at radius 2 is 1.76 bits per heavy atom. The molecule has 2 N–H and O–H groups in total. The van der Waals surface area contributed by atoms with Crippen LogP contribution in [0.3, 0.4) is 0 Å². The minimum Gasteiger partial charge on any atom is -0.494 e. The Morgan fingerprint density at radius 1 is 0.951 bits per heavy atom. The van der Waals surface area contributed by atoms with E-state index in [1.165, 1.54) is 0 Å². The third kappa shape index (κ3) is 6.12. The maximum absolute atomic E-state index is 11.6. The molecule has 0 spiro atoms. The second kappa shape index (κ2) is 13.0. The normalized spacial score (nSPS) is 14.7. The molecule has 5 rings (SSSR count). The number of likely N-dealkylation sites (N-methyl/N-ethyl adjacent to an activating group) is 1. The molecule has 10 nitrogen and oxygen atoms in total. The van der Waals surface area contributed by atoms with E-state index in [1.54, 1.807) is 33.6 Å². The molecule has 10 heteroatoms. The van der Waals surface area contributed by atoms with E-state index in [-0.39, 0.29) is 11.9 Å². The molecule has 1 fully saturated rings. The minimum atomic E-state index is -0.139. The maximum Gasteiger partial charge on any atom is 0.225 e. The second-order valence-electron chi connectivity index (χ2n) is 10.1. The first-order chi connectivity index (χ1) is 20.1. The lowest BCUT2D eigenvalue weighted by molar-refractivity contribution is 0.271. The van der Waals surface area contributed by atoms with Gasteiger partial charge in [-0.05, 0) is 49.2 Å². The highest BCUT2D eigenvalue weighted by Crippen LogP contribution is 2.40. The van der Waals surface area contributed by atoms with Crippen LogP contribution in [0.15, 0.2) is 54.9 Å². The van der Waals surface area contributed by atoms with E-state index in [1.807, 2.05) is 34.9 Å². The number of ether oxygens (including phenoxy) is 3. The van der Waals surface area contributed by atoms with Gasteiger partial charge in [0.15, 0.2) is 17.4 Å². The molecule has 0 unspecified atom stereocenters. The Balaban J connectivity index is 1.45. The van der Waals surface area contributed by atoms with E-state index >= 15 is 0 Å². The highest BCUT2D eigenvalue weighted by molar-refractivity contribution is 5.98. The summed E-state index contributed by atoms with van der Waals surface area (Å²) < 4.78 is 18.3. The first-order valence-electron chi connectivity index (χ1n) is 14.2. The molecule has 41 heavy (non-hydrogen) atoms. The second-order valence-corrected chi connectivity index (χ2v) is 10.1. The quantitative estimate of drug-likeness (QED) is 0.237. The van der Waals surface area contributed by atoms with Crippen LogP contribution in [0.1, 0.15) is 31.4 Å². The van der Waals surface area contributed by atoms with Gasteiger partial charge in [-0.15, -0.1) is 0 Å². The van der Waals surface area contributed by atoms with Gasteiger partial charge in [0.1, 0.15) is 0 Å². The fraction of sp³-hybridized carbons (Fsp3) is 0.419. The van der Waals surface area contributed by atoms with Crippen molar-refractivity contribution in [3.05, 3.63) is 60.4 Å². The molecular weight excluding hydrogens is 520 g/mol. The fourth-order valence-electron chi connectivity index (χ4n) is 5.60. The topological polar surface area (TPSA) is 97.1 Å². The third-order valence-electron chi connectivity index (χ3n) is 7.90. The summed E-state index contributed by atoms with van der Waals surface area (Å²) in [5, 5.41) is 16.8. The monoisotopic (exact) mass is 560 g/mol. The van der Waals surface area contributed by atoms with Crippen LogP contribution in [0, 0.1) is 0 Å². The Kier molecular flexibility index (Phi) is 8.98. The zero-order valence-electron chi connectivity index (χ0n) is 24.3. The number of aromatic hydroxyl groups is 1. The lowest BCUT2D eigenvalue weighted by Crippen LogP contribution is -2.46. The van der Waals surface area contributed by atoms with Crippen molar-refractivity contribution in [2.24, 2.45) is 0 Å². The van der Waals surface area contributed by atoms with Gasteiger partial charge < -0.3 is 39.0 Å². The standard InChI is InChI=1S/C31H40N6O4/c1-5-35-16-18-36(19-17-35)26-9-6-8-23-24(26)21-37(30(23)38)25(22-11-12-27(39-2)28(20-22)40-3)10-7-14-32-31-33-15-13-29(34-31)41-4/h6,8-9,11-13,15,20-21,25,38H,5,7,10,14,16-19H2,1-4H3,(H,32,33,34)/t25-/m1/s1. The van der Waals surface area contributed by atoms with Gasteiger partial charge in [-0.2, -0.15) is 4.98 Å². The number of methoxy groups -OCH3 is 3. The predicted molar refractivity (Wildman–Crippen MR) is 162 cm³/mol. The van der Waals surface area contributed by atoms with Crippen LogP contribution in [-0.2, 0) is 0 Å². The molecule has 1 aliphatic rings. The number of hydrogen-bond acceptors (Lipinski definition) is 9. The van der Waals surface area contributed by atoms with Gasteiger partial charge in [-0.3, -0.25) is 0 Å². The number of benzene rings is 2. The summed E-state index contributed by atoms with van der Waals surface area (Å²) in [5.74, 6) is 2.62.